The highest BCUT2D eigenvalue weighted by atomic mass is 16.5. The van der Waals surface area contributed by atoms with Gasteiger partial charge in [-0.2, -0.15) is 5.26 Å². The van der Waals surface area contributed by atoms with Crippen LogP contribution in [-0.4, -0.2) is 31.3 Å². The Bertz CT molecular complexity index is 1020. The Kier molecular flexibility index (Phi) is 5.59. The van der Waals surface area contributed by atoms with Gasteiger partial charge in [-0.1, -0.05) is 42.5 Å². The second-order valence-electron chi connectivity index (χ2n) is 6.77. The quantitative estimate of drug-likeness (QED) is 0.721. The van der Waals surface area contributed by atoms with Crippen LogP contribution in [0.3, 0.4) is 0 Å². The predicted octanol–water partition coefficient (Wildman–Crippen LogP) is 3.62. The Morgan fingerprint density at radius 3 is 2.55 bits per heavy atom. The average molecular weight is 386 g/mol. The monoisotopic (exact) mass is 386 g/mol. The summed E-state index contributed by atoms with van der Waals surface area (Å²) in [5, 5.41) is 9.60. The Labute approximate surface area is 170 Å². The van der Waals surface area contributed by atoms with Gasteiger partial charge in [-0.25, -0.2) is 4.98 Å². The van der Waals surface area contributed by atoms with Crippen molar-refractivity contribution in [1.29, 1.82) is 5.26 Å². The minimum atomic E-state index is 0.226. The molecule has 0 atom stereocenters. The summed E-state index contributed by atoms with van der Waals surface area (Å²) < 4.78 is 11.5. The molecule has 29 heavy (non-hydrogen) atoms. The standard InChI is InChI=1S/C23H22N4O2/c24-15-19-21(27-10-12-28-13-11-27)14-20(26-23(19)25)18-8-4-5-9-22(18)29-16-17-6-2-1-3-7-17/h1-9,14H,10-13,16H2,(H2,25,26). The molecule has 4 rings (SSSR count). The topological polar surface area (TPSA) is 84.4 Å². The van der Waals surface area contributed by atoms with Gasteiger partial charge in [-0.05, 0) is 23.8 Å². The van der Waals surface area contributed by atoms with Crippen molar-refractivity contribution in [1.82, 2.24) is 4.98 Å². The summed E-state index contributed by atoms with van der Waals surface area (Å²) in [6, 6.07) is 21.9. The van der Waals surface area contributed by atoms with Crippen molar-refractivity contribution in [3.63, 3.8) is 0 Å². The van der Waals surface area contributed by atoms with Crippen molar-refractivity contribution in [3.8, 4) is 23.1 Å². The summed E-state index contributed by atoms with van der Waals surface area (Å²) in [5.41, 5.74) is 9.96. The largest absolute Gasteiger partial charge is 0.488 e. The molecule has 0 unspecified atom stereocenters. The first-order chi connectivity index (χ1) is 14.3. The fraction of sp³-hybridized carbons (Fsp3) is 0.217. The molecule has 0 aliphatic carbocycles. The molecule has 2 aromatic carbocycles. The van der Waals surface area contributed by atoms with E-state index in [1.165, 1.54) is 0 Å². The summed E-state index contributed by atoms with van der Waals surface area (Å²) >= 11 is 0. The highest BCUT2D eigenvalue weighted by Gasteiger charge is 2.20. The molecule has 0 radical (unpaired) electrons. The number of nitrogens with zero attached hydrogens (tertiary/aromatic N) is 3. The third-order valence-corrected chi connectivity index (χ3v) is 4.89. The van der Waals surface area contributed by atoms with Gasteiger partial charge in [0.2, 0.25) is 0 Å². The van der Waals surface area contributed by atoms with Gasteiger partial charge in [-0.15, -0.1) is 0 Å². The van der Waals surface area contributed by atoms with Crippen molar-refractivity contribution >= 4 is 11.5 Å². The lowest BCUT2D eigenvalue weighted by molar-refractivity contribution is 0.122. The predicted molar refractivity (Wildman–Crippen MR) is 113 cm³/mol. The van der Waals surface area contributed by atoms with Crippen LogP contribution in [-0.2, 0) is 11.3 Å². The maximum atomic E-state index is 9.60. The van der Waals surface area contributed by atoms with Crippen LogP contribution >= 0.6 is 0 Å². The average Bonchev–Trinajstić information content (AvgIpc) is 2.78. The third kappa shape index (κ3) is 4.15. The van der Waals surface area contributed by atoms with E-state index in [0.29, 0.717) is 44.2 Å². The minimum Gasteiger partial charge on any atom is -0.488 e. The number of rotatable bonds is 5. The zero-order valence-electron chi connectivity index (χ0n) is 16.0. The van der Waals surface area contributed by atoms with Crippen LogP contribution in [0.15, 0.2) is 60.7 Å². The number of morpholine rings is 1. The number of aromatic nitrogens is 1. The van der Waals surface area contributed by atoms with E-state index in [9.17, 15) is 5.26 Å². The number of benzene rings is 2. The third-order valence-electron chi connectivity index (χ3n) is 4.89. The molecule has 0 amide bonds. The number of nitrogen functional groups attached to an aromatic ring is 1. The maximum Gasteiger partial charge on any atom is 0.144 e. The molecule has 0 bridgehead atoms. The van der Waals surface area contributed by atoms with E-state index in [4.69, 9.17) is 15.2 Å². The van der Waals surface area contributed by atoms with Crippen molar-refractivity contribution in [3.05, 3.63) is 71.8 Å². The second-order valence-corrected chi connectivity index (χ2v) is 6.77. The highest BCUT2D eigenvalue weighted by molar-refractivity contribution is 5.77. The van der Waals surface area contributed by atoms with Gasteiger partial charge >= 0.3 is 0 Å². The first-order valence-electron chi connectivity index (χ1n) is 9.55. The van der Waals surface area contributed by atoms with E-state index in [1.807, 2.05) is 60.7 Å². The first-order valence-corrected chi connectivity index (χ1v) is 9.55. The van der Waals surface area contributed by atoms with Crippen molar-refractivity contribution in [2.45, 2.75) is 6.61 Å². The number of nitrogens with two attached hydrogens (primary N) is 1. The van der Waals surface area contributed by atoms with Gasteiger partial charge in [0.1, 0.15) is 29.8 Å². The van der Waals surface area contributed by atoms with E-state index >= 15 is 0 Å². The molecular formula is C23H22N4O2. The van der Waals surface area contributed by atoms with Crippen molar-refractivity contribution in [2.24, 2.45) is 0 Å². The lowest BCUT2D eigenvalue weighted by Gasteiger charge is -2.30. The Morgan fingerprint density at radius 2 is 1.79 bits per heavy atom. The molecular weight excluding hydrogens is 364 g/mol. The van der Waals surface area contributed by atoms with Crippen molar-refractivity contribution in [2.75, 3.05) is 36.9 Å². The molecule has 2 N–H and O–H groups in total. The molecule has 3 aromatic rings. The molecule has 1 aliphatic rings. The Balaban J connectivity index is 1.69. The van der Waals surface area contributed by atoms with Crippen LogP contribution in [0, 0.1) is 11.3 Å². The van der Waals surface area contributed by atoms with E-state index < -0.39 is 0 Å². The zero-order valence-corrected chi connectivity index (χ0v) is 16.0. The number of pyridine rings is 1. The minimum absolute atomic E-state index is 0.226. The summed E-state index contributed by atoms with van der Waals surface area (Å²) in [5.74, 6) is 0.949. The molecule has 1 fully saturated rings. The SMILES string of the molecule is N#Cc1c(N2CCOCC2)cc(-c2ccccc2OCc2ccccc2)nc1N. The molecule has 1 aliphatic heterocycles. The zero-order chi connectivity index (χ0) is 20.1. The van der Waals surface area contributed by atoms with Gasteiger partial charge in [0.15, 0.2) is 0 Å². The number of ether oxygens (including phenoxy) is 2. The number of anilines is 2. The Morgan fingerprint density at radius 1 is 1.07 bits per heavy atom. The molecule has 146 valence electrons. The molecule has 6 heteroatoms. The summed E-state index contributed by atoms with van der Waals surface area (Å²) in [4.78, 5) is 6.62. The normalized spacial score (nSPS) is 13.7. The highest BCUT2D eigenvalue weighted by Crippen LogP contribution is 2.35. The lowest BCUT2D eigenvalue weighted by Crippen LogP contribution is -2.36. The maximum absolute atomic E-state index is 9.60. The summed E-state index contributed by atoms with van der Waals surface area (Å²) in [6.45, 7) is 3.13. The van der Waals surface area contributed by atoms with Crippen LogP contribution in [0.4, 0.5) is 11.5 Å². The van der Waals surface area contributed by atoms with Crippen LogP contribution in [0.25, 0.3) is 11.3 Å². The first kappa shape index (κ1) is 18.8. The number of hydrogen-bond donors (Lipinski definition) is 1. The molecule has 0 spiro atoms. The fourth-order valence-electron chi connectivity index (χ4n) is 3.40. The molecule has 6 nitrogen and oxygen atoms in total. The van der Waals surface area contributed by atoms with Crippen LogP contribution in [0.2, 0.25) is 0 Å². The van der Waals surface area contributed by atoms with E-state index in [1.54, 1.807) is 0 Å². The van der Waals surface area contributed by atoms with Crippen LogP contribution in [0.5, 0.6) is 5.75 Å². The summed E-state index contributed by atoms with van der Waals surface area (Å²) in [6.07, 6.45) is 0. The lowest BCUT2D eigenvalue weighted by atomic mass is 10.1. The summed E-state index contributed by atoms with van der Waals surface area (Å²) in [7, 11) is 0. The van der Waals surface area contributed by atoms with Crippen molar-refractivity contribution < 1.29 is 9.47 Å². The fourth-order valence-corrected chi connectivity index (χ4v) is 3.40. The second kappa shape index (κ2) is 8.63. The van der Waals surface area contributed by atoms with E-state index in [-0.39, 0.29) is 5.82 Å². The van der Waals surface area contributed by atoms with Gasteiger partial charge in [-0.3, -0.25) is 0 Å². The Hall–Kier alpha value is -3.56. The van der Waals surface area contributed by atoms with Crippen LogP contribution < -0.4 is 15.4 Å². The number of nitriles is 1. The van der Waals surface area contributed by atoms with Gasteiger partial charge in [0.25, 0.3) is 0 Å². The molecule has 2 heterocycles. The van der Waals surface area contributed by atoms with Gasteiger partial charge < -0.3 is 20.1 Å². The van der Waals surface area contributed by atoms with Gasteiger partial charge in [0.05, 0.1) is 24.6 Å². The van der Waals surface area contributed by atoms with E-state index in [0.717, 1.165) is 22.6 Å². The van der Waals surface area contributed by atoms with Gasteiger partial charge in [0, 0.05) is 18.7 Å². The molecule has 0 saturated carbocycles. The van der Waals surface area contributed by atoms with Crippen LogP contribution in [0.1, 0.15) is 11.1 Å². The molecule has 1 saturated heterocycles. The van der Waals surface area contributed by atoms with E-state index in [2.05, 4.69) is 16.0 Å². The number of hydrogen-bond acceptors (Lipinski definition) is 6. The number of para-hydroxylation sites is 1. The molecule has 1 aromatic heterocycles. The smallest absolute Gasteiger partial charge is 0.144 e.